The summed E-state index contributed by atoms with van der Waals surface area (Å²) in [5, 5.41) is 40.6. The van der Waals surface area contributed by atoms with E-state index in [9.17, 15) is 48.9 Å². The van der Waals surface area contributed by atoms with E-state index in [0.29, 0.717) is 0 Å². The number of Topliss-reactive ketones (excluding diaryl/α,β-unsaturated/α-hetero) is 1. The van der Waals surface area contributed by atoms with Gasteiger partial charge >= 0.3 is 29.7 Å². The van der Waals surface area contributed by atoms with E-state index >= 15 is 0 Å². The van der Waals surface area contributed by atoms with Gasteiger partial charge in [0, 0.05) is 18.8 Å². The molecule has 0 saturated heterocycles. The monoisotopic (exact) mass is 609 g/mol. The molecule has 0 aliphatic heterocycles. The molecular weight excluding hydrogens is 582 g/mol. The molecular formula is C29H27N3O12. The Hall–Kier alpha value is -5.73. The van der Waals surface area contributed by atoms with Crippen molar-refractivity contribution >= 4 is 29.8 Å². The van der Waals surface area contributed by atoms with E-state index in [1.54, 1.807) is 4.98 Å². The quantitative estimate of drug-likeness (QED) is 0.152. The summed E-state index contributed by atoms with van der Waals surface area (Å²) in [4.78, 5) is 86.2. The van der Waals surface area contributed by atoms with Gasteiger partial charge in [0.2, 0.25) is 5.88 Å². The van der Waals surface area contributed by atoms with E-state index in [4.69, 9.17) is 9.84 Å². The zero-order valence-corrected chi connectivity index (χ0v) is 22.9. The van der Waals surface area contributed by atoms with Crippen LogP contribution in [0.4, 0.5) is 4.79 Å². The lowest BCUT2D eigenvalue weighted by Crippen LogP contribution is -2.42. The predicted octanol–water partition coefficient (Wildman–Crippen LogP) is 1.69. The number of carboxylic acids is 3. The molecule has 1 amide bonds. The Morgan fingerprint density at radius 2 is 1.45 bits per heavy atom. The number of nitrogens with one attached hydrogen (secondary N) is 2. The number of fused-ring (bicyclic) bond motifs is 3. The predicted molar refractivity (Wildman–Crippen MR) is 150 cm³/mol. The number of H-pyrrole nitrogens is 1. The average molecular weight is 610 g/mol. The number of alkyl carbamates (subject to hydrolysis) is 1. The van der Waals surface area contributed by atoms with Gasteiger partial charge in [0.15, 0.2) is 5.78 Å². The SMILES string of the molecule is O=C(O)CC[C@@H](C(=O)O)n1c(O)c(C(=O)CCC(NC(=O)OCC2c3ccccc3-c3ccccc32)C(=O)O)c(=O)[nH]c1=O. The van der Waals surface area contributed by atoms with E-state index in [1.165, 1.54) is 0 Å². The zero-order chi connectivity index (χ0) is 32.1. The number of benzene rings is 2. The van der Waals surface area contributed by atoms with Gasteiger partial charge in [-0.25, -0.2) is 23.7 Å². The first kappa shape index (κ1) is 31.2. The number of carboxylic acid groups (broad SMARTS) is 3. The van der Waals surface area contributed by atoms with Gasteiger partial charge < -0.3 is 30.5 Å². The van der Waals surface area contributed by atoms with Gasteiger partial charge in [-0.15, -0.1) is 0 Å². The van der Waals surface area contributed by atoms with Crippen molar-refractivity contribution in [3.63, 3.8) is 0 Å². The van der Waals surface area contributed by atoms with Crippen LogP contribution in [0.2, 0.25) is 0 Å². The summed E-state index contributed by atoms with van der Waals surface area (Å²) in [6.07, 6.45) is -3.76. The number of aliphatic carboxylic acids is 3. The van der Waals surface area contributed by atoms with Crippen molar-refractivity contribution in [3.8, 4) is 17.0 Å². The summed E-state index contributed by atoms with van der Waals surface area (Å²) in [5.74, 6) is -7.43. The molecule has 2 atom stereocenters. The number of aromatic hydroxyl groups is 1. The lowest BCUT2D eigenvalue weighted by molar-refractivity contribution is -0.142. The third-order valence-corrected chi connectivity index (χ3v) is 7.22. The summed E-state index contributed by atoms with van der Waals surface area (Å²) in [7, 11) is 0. The third-order valence-electron chi connectivity index (χ3n) is 7.22. The van der Waals surface area contributed by atoms with Crippen LogP contribution in [-0.2, 0) is 19.1 Å². The van der Waals surface area contributed by atoms with Crippen LogP contribution in [0.3, 0.4) is 0 Å². The van der Waals surface area contributed by atoms with Gasteiger partial charge in [0.1, 0.15) is 24.3 Å². The van der Waals surface area contributed by atoms with Crippen LogP contribution in [0.25, 0.3) is 11.1 Å². The maximum atomic E-state index is 12.9. The normalized spacial score (nSPS) is 13.3. The van der Waals surface area contributed by atoms with Gasteiger partial charge in [0.05, 0.1) is 0 Å². The van der Waals surface area contributed by atoms with Crippen molar-refractivity contribution in [2.45, 2.75) is 43.7 Å². The lowest BCUT2D eigenvalue weighted by Gasteiger charge is -2.18. The lowest BCUT2D eigenvalue weighted by atomic mass is 9.98. The second kappa shape index (κ2) is 13.1. The Balaban J connectivity index is 1.44. The number of ether oxygens (including phenoxy) is 1. The minimum atomic E-state index is -1.94. The molecule has 4 rings (SSSR count). The molecule has 1 aromatic heterocycles. The van der Waals surface area contributed by atoms with Gasteiger partial charge in [-0.05, 0) is 35.1 Å². The molecule has 44 heavy (non-hydrogen) atoms. The molecule has 0 radical (unpaired) electrons. The largest absolute Gasteiger partial charge is 0.494 e. The first-order valence-electron chi connectivity index (χ1n) is 13.3. The fourth-order valence-electron chi connectivity index (χ4n) is 5.14. The van der Waals surface area contributed by atoms with Gasteiger partial charge in [-0.3, -0.25) is 19.4 Å². The number of carbonyl (C=O) groups is 5. The van der Waals surface area contributed by atoms with E-state index < -0.39 is 90.2 Å². The molecule has 6 N–H and O–H groups in total. The van der Waals surface area contributed by atoms with Crippen LogP contribution in [0.1, 0.15) is 59.1 Å². The Labute approximate surface area is 247 Å². The molecule has 2 aromatic carbocycles. The van der Waals surface area contributed by atoms with Crippen molar-refractivity contribution in [2.24, 2.45) is 0 Å². The van der Waals surface area contributed by atoms with E-state index in [2.05, 4.69) is 5.32 Å². The van der Waals surface area contributed by atoms with Crippen LogP contribution >= 0.6 is 0 Å². The standard InChI is InChI=1S/C29H27N3O12/c33-21(23-24(36)31-28(42)32(25(23)37)20(27(40)41)10-12-22(34)35)11-9-19(26(38)39)30-29(43)44-13-18-16-7-3-1-5-14(16)15-6-2-4-8-17(15)18/h1-8,18-20,37H,9-13H2,(H,30,43)(H,34,35)(H,38,39)(H,40,41)(H,31,36,42)/t19?,20-/m0/s1. The summed E-state index contributed by atoms with van der Waals surface area (Å²) in [5.41, 5.74) is 0.0362. The highest BCUT2D eigenvalue weighted by molar-refractivity contribution is 5.98. The van der Waals surface area contributed by atoms with Crippen LogP contribution in [0, 0.1) is 0 Å². The summed E-state index contributed by atoms with van der Waals surface area (Å²) >= 11 is 0. The van der Waals surface area contributed by atoms with Crippen molar-refractivity contribution < 1.29 is 49.1 Å². The van der Waals surface area contributed by atoms with Crippen molar-refractivity contribution in [1.82, 2.24) is 14.9 Å². The summed E-state index contributed by atoms with van der Waals surface area (Å²) in [6.45, 7) is -0.109. The highest BCUT2D eigenvalue weighted by Gasteiger charge is 2.32. The van der Waals surface area contributed by atoms with Gasteiger partial charge in [0.25, 0.3) is 5.56 Å². The molecule has 1 heterocycles. The molecule has 1 aliphatic carbocycles. The van der Waals surface area contributed by atoms with Crippen LogP contribution in [-0.4, -0.2) is 72.4 Å². The minimum absolute atomic E-state index is 0.109. The number of aromatic amines is 1. The zero-order valence-electron chi connectivity index (χ0n) is 22.9. The number of hydrogen-bond acceptors (Lipinski definition) is 9. The van der Waals surface area contributed by atoms with Gasteiger partial charge in [-0.2, -0.15) is 0 Å². The highest BCUT2D eigenvalue weighted by atomic mass is 16.5. The highest BCUT2D eigenvalue weighted by Crippen LogP contribution is 2.44. The molecule has 230 valence electrons. The Morgan fingerprint density at radius 1 is 0.864 bits per heavy atom. The van der Waals surface area contributed by atoms with Crippen LogP contribution in [0.5, 0.6) is 5.88 Å². The number of rotatable bonds is 13. The fraction of sp³-hybridized carbons (Fsp3) is 0.276. The molecule has 1 aliphatic rings. The van der Waals surface area contributed by atoms with Crippen molar-refractivity contribution in [2.75, 3.05) is 6.61 Å². The number of aromatic nitrogens is 2. The first-order valence-corrected chi connectivity index (χ1v) is 13.3. The van der Waals surface area contributed by atoms with Gasteiger partial charge in [-0.1, -0.05) is 48.5 Å². The van der Waals surface area contributed by atoms with Crippen molar-refractivity contribution in [3.05, 3.63) is 86.1 Å². The Bertz CT molecular complexity index is 1710. The smallest absolute Gasteiger partial charge is 0.407 e. The molecule has 0 fully saturated rings. The molecule has 0 saturated carbocycles. The number of hydrogen-bond donors (Lipinski definition) is 6. The summed E-state index contributed by atoms with van der Waals surface area (Å²) < 4.78 is 5.51. The fourth-order valence-corrected chi connectivity index (χ4v) is 5.14. The number of amides is 1. The third kappa shape index (κ3) is 6.51. The first-order chi connectivity index (χ1) is 20.9. The van der Waals surface area contributed by atoms with Crippen LogP contribution < -0.4 is 16.6 Å². The second-order valence-electron chi connectivity index (χ2n) is 9.94. The Morgan fingerprint density at radius 3 is 2.00 bits per heavy atom. The number of carbonyl (C=O) groups excluding carboxylic acids is 2. The van der Waals surface area contributed by atoms with Crippen LogP contribution in [0.15, 0.2) is 58.1 Å². The molecule has 0 spiro atoms. The van der Waals surface area contributed by atoms with E-state index in [0.717, 1.165) is 22.3 Å². The number of ketones is 1. The average Bonchev–Trinajstić information content (AvgIpc) is 3.28. The summed E-state index contributed by atoms with van der Waals surface area (Å²) in [6, 6.07) is 11.6. The minimum Gasteiger partial charge on any atom is -0.494 e. The van der Waals surface area contributed by atoms with E-state index in [-0.39, 0.29) is 17.1 Å². The Kier molecular flexibility index (Phi) is 9.26. The number of nitrogens with zero attached hydrogens (tertiary/aromatic N) is 1. The maximum Gasteiger partial charge on any atom is 0.407 e. The molecule has 3 aromatic rings. The maximum absolute atomic E-state index is 12.9. The second-order valence-corrected chi connectivity index (χ2v) is 9.94. The molecule has 15 heteroatoms. The molecule has 1 unspecified atom stereocenters. The van der Waals surface area contributed by atoms with Crippen molar-refractivity contribution in [1.29, 1.82) is 0 Å². The topological polar surface area (TPSA) is 242 Å². The molecule has 15 nitrogen and oxygen atoms in total. The molecule has 0 bridgehead atoms. The van der Waals surface area contributed by atoms with E-state index in [1.807, 2.05) is 48.5 Å².